The molecule has 0 radical (unpaired) electrons. The lowest BCUT2D eigenvalue weighted by Gasteiger charge is -2.00. The fraction of sp³-hybridized carbons (Fsp3) is 0.800. The fourth-order valence-corrected chi connectivity index (χ4v) is 0.913. The van der Waals surface area contributed by atoms with Gasteiger partial charge in [-0.2, -0.15) is 0 Å². The summed E-state index contributed by atoms with van der Waals surface area (Å²) in [6.45, 7) is 1.72. The predicted octanol–water partition coefficient (Wildman–Crippen LogP) is -0.201. The minimum absolute atomic E-state index is 0.149. The van der Waals surface area contributed by atoms with Crippen LogP contribution in [0.3, 0.4) is 0 Å². The van der Waals surface area contributed by atoms with Gasteiger partial charge in [-0.05, 0) is 0 Å². The summed E-state index contributed by atoms with van der Waals surface area (Å²) in [6, 6.07) is 0. The second-order valence-electron chi connectivity index (χ2n) is 2.19. The molecule has 0 aliphatic rings. The van der Waals surface area contributed by atoms with Crippen molar-refractivity contribution in [1.82, 2.24) is 5.32 Å². The van der Waals surface area contributed by atoms with Gasteiger partial charge in [0, 0.05) is 35.2 Å². The highest BCUT2D eigenvalue weighted by Crippen LogP contribution is 1.80. The molecule has 0 spiro atoms. The first-order valence-corrected chi connectivity index (χ1v) is 5.01. The van der Waals surface area contributed by atoms with Crippen LogP contribution in [0.25, 0.3) is 0 Å². The van der Waals surface area contributed by atoms with E-state index in [4.69, 9.17) is 4.78 Å². The first-order valence-electron chi connectivity index (χ1n) is 2.88. The van der Waals surface area contributed by atoms with Gasteiger partial charge < -0.3 is 5.32 Å². The molecular weight excluding hydrogens is 152 g/mol. The minimum atomic E-state index is -2.43. The van der Waals surface area contributed by atoms with E-state index in [0.717, 1.165) is 0 Å². The molecule has 0 heterocycles. The molecular formula is C5H12N2O2S. The van der Waals surface area contributed by atoms with Gasteiger partial charge in [-0.1, -0.05) is 0 Å². The second-order valence-corrected chi connectivity index (χ2v) is 4.61. The fourth-order valence-electron chi connectivity index (χ4n) is 0.422. The van der Waals surface area contributed by atoms with Crippen LogP contribution in [0.5, 0.6) is 0 Å². The van der Waals surface area contributed by atoms with Gasteiger partial charge in [-0.3, -0.25) is 13.8 Å². The quantitative estimate of drug-likeness (QED) is 0.606. The highest BCUT2D eigenvalue weighted by atomic mass is 32.2. The molecule has 10 heavy (non-hydrogen) atoms. The van der Waals surface area contributed by atoms with Crippen molar-refractivity contribution in [2.75, 3.05) is 18.6 Å². The smallest absolute Gasteiger partial charge is 0.216 e. The van der Waals surface area contributed by atoms with Crippen LogP contribution in [0.15, 0.2) is 0 Å². The molecule has 0 aliphatic carbocycles. The van der Waals surface area contributed by atoms with Gasteiger partial charge in [0.2, 0.25) is 5.91 Å². The van der Waals surface area contributed by atoms with E-state index in [2.05, 4.69) is 5.32 Å². The molecule has 0 saturated carbocycles. The Balaban J connectivity index is 3.49. The molecule has 2 N–H and O–H groups in total. The highest BCUT2D eigenvalue weighted by Gasteiger charge is 1.96. The van der Waals surface area contributed by atoms with Crippen LogP contribution in [-0.2, 0) is 14.5 Å². The first-order chi connectivity index (χ1) is 4.42. The van der Waals surface area contributed by atoms with E-state index in [1.54, 1.807) is 0 Å². The first kappa shape index (κ1) is 9.42. The Morgan fingerprint density at radius 3 is 2.50 bits per heavy atom. The molecule has 0 aromatic heterocycles. The Morgan fingerprint density at radius 1 is 1.70 bits per heavy atom. The van der Waals surface area contributed by atoms with Crippen LogP contribution in [-0.4, -0.2) is 28.7 Å². The average Bonchev–Trinajstić information content (AvgIpc) is 1.59. The molecule has 1 amide bonds. The van der Waals surface area contributed by atoms with Crippen LogP contribution >= 0.6 is 0 Å². The average molecular weight is 164 g/mol. The van der Waals surface area contributed by atoms with Crippen molar-refractivity contribution in [2.45, 2.75) is 6.92 Å². The van der Waals surface area contributed by atoms with E-state index in [9.17, 15) is 9.00 Å². The summed E-state index contributed by atoms with van der Waals surface area (Å²) >= 11 is 0. The third-order valence-corrected chi connectivity index (χ3v) is 1.85. The SMILES string of the molecule is CC(=O)NCCS(C)(=N)=O. The lowest BCUT2D eigenvalue weighted by atomic mass is 10.6. The molecule has 1 atom stereocenters. The Bertz CT molecular complexity index is 208. The molecule has 0 fully saturated rings. The molecule has 0 aromatic rings. The molecule has 4 nitrogen and oxygen atoms in total. The Labute approximate surface area is 61.0 Å². The number of amides is 1. The third kappa shape index (κ3) is 7.42. The van der Waals surface area contributed by atoms with Crippen LogP contribution in [0.4, 0.5) is 0 Å². The summed E-state index contributed by atoms with van der Waals surface area (Å²) in [4.78, 5) is 10.3. The number of carbonyl (C=O) groups is 1. The molecule has 0 aliphatic heterocycles. The van der Waals surface area contributed by atoms with Crippen molar-refractivity contribution in [3.63, 3.8) is 0 Å². The Hall–Kier alpha value is -0.580. The van der Waals surface area contributed by atoms with Crippen LogP contribution in [0.1, 0.15) is 6.92 Å². The van der Waals surface area contributed by atoms with Gasteiger partial charge in [0.25, 0.3) is 0 Å². The standard InChI is InChI=1S/C5H12N2O2S/c1-5(8)7-3-4-10(2,6)9/h6H,3-4H2,1-2H3,(H,7,8). The lowest BCUT2D eigenvalue weighted by Crippen LogP contribution is -2.25. The Kier molecular flexibility index (Phi) is 3.35. The van der Waals surface area contributed by atoms with Crippen LogP contribution in [0.2, 0.25) is 0 Å². The Morgan fingerprint density at radius 2 is 2.20 bits per heavy atom. The monoisotopic (exact) mass is 164 g/mol. The zero-order chi connectivity index (χ0) is 8.20. The summed E-state index contributed by atoms with van der Waals surface area (Å²) in [5, 5.41) is 2.46. The zero-order valence-corrected chi connectivity index (χ0v) is 6.96. The van der Waals surface area contributed by atoms with Crippen molar-refractivity contribution in [1.29, 1.82) is 4.78 Å². The van der Waals surface area contributed by atoms with Crippen molar-refractivity contribution >= 4 is 15.6 Å². The molecule has 5 heteroatoms. The van der Waals surface area contributed by atoms with Gasteiger partial charge in [0.1, 0.15) is 0 Å². The summed E-state index contributed by atoms with van der Waals surface area (Å²) in [6.07, 6.45) is 1.36. The topological polar surface area (TPSA) is 70.0 Å². The summed E-state index contributed by atoms with van der Waals surface area (Å²) in [5.41, 5.74) is 0. The van der Waals surface area contributed by atoms with Gasteiger partial charge in [0.15, 0.2) is 0 Å². The van der Waals surface area contributed by atoms with Gasteiger partial charge in [-0.15, -0.1) is 0 Å². The molecule has 0 aromatic carbocycles. The van der Waals surface area contributed by atoms with Crippen LogP contribution < -0.4 is 5.32 Å². The van der Waals surface area contributed by atoms with Crippen molar-refractivity contribution < 1.29 is 9.00 Å². The minimum Gasteiger partial charge on any atom is -0.355 e. The van der Waals surface area contributed by atoms with Crippen molar-refractivity contribution in [3.05, 3.63) is 0 Å². The summed E-state index contributed by atoms with van der Waals surface area (Å²) < 4.78 is 17.6. The summed E-state index contributed by atoms with van der Waals surface area (Å²) in [5.74, 6) is 0.0794. The van der Waals surface area contributed by atoms with E-state index >= 15 is 0 Å². The second kappa shape index (κ2) is 3.55. The van der Waals surface area contributed by atoms with E-state index in [1.165, 1.54) is 13.2 Å². The molecule has 0 saturated heterocycles. The van der Waals surface area contributed by atoms with Crippen molar-refractivity contribution in [3.8, 4) is 0 Å². The molecule has 1 unspecified atom stereocenters. The molecule has 0 bridgehead atoms. The predicted molar refractivity (Wildman–Crippen MR) is 40.3 cm³/mol. The molecule has 60 valence electrons. The number of hydrogen-bond acceptors (Lipinski definition) is 3. The number of nitrogens with one attached hydrogen (secondary N) is 2. The van der Waals surface area contributed by atoms with Gasteiger partial charge in [-0.25, -0.2) is 0 Å². The largest absolute Gasteiger partial charge is 0.355 e. The highest BCUT2D eigenvalue weighted by molar-refractivity contribution is 7.91. The zero-order valence-electron chi connectivity index (χ0n) is 6.14. The molecule has 0 rings (SSSR count). The van der Waals surface area contributed by atoms with E-state index in [1.807, 2.05) is 0 Å². The van der Waals surface area contributed by atoms with Crippen LogP contribution in [0, 0.1) is 4.78 Å². The number of rotatable bonds is 3. The normalized spacial score (nSPS) is 15.8. The van der Waals surface area contributed by atoms with Gasteiger partial charge >= 0.3 is 0 Å². The number of hydrogen-bond donors (Lipinski definition) is 2. The lowest BCUT2D eigenvalue weighted by molar-refractivity contribution is -0.118. The van der Waals surface area contributed by atoms with E-state index in [-0.39, 0.29) is 11.7 Å². The van der Waals surface area contributed by atoms with E-state index in [0.29, 0.717) is 6.54 Å². The van der Waals surface area contributed by atoms with Gasteiger partial charge in [0.05, 0.1) is 0 Å². The van der Waals surface area contributed by atoms with E-state index < -0.39 is 9.73 Å². The third-order valence-electron chi connectivity index (χ3n) is 0.866. The maximum Gasteiger partial charge on any atom is 0.216 e. The maximum absolute atomic E-state index is 10.7. The van der Waals surface area contributed by atoms with Crippen molar-refractivity contribution in [2.24, 2.45) is 0 Å². The number of carbonyl (C=O) groups excluding carboxylic acids is 1. The maximum atomic E-state index is 10.7. The summed E-state index contributed by atoms with van der Waals surface area (Å²) in [7, 11) is -2.43.